The lowest BCUT2D eigenvalue weighted by atomic mass is 9.91. The van der Waals surface area contributed by atoms with Crippen molar-refractivity contribution < 1.29 is 67.5 Å². The molecule has 1 aliphatic heterocycles. The molecule has 1 aromatic carbocycles. The number of methoxy groups -OCH3 is 1. The van der Waals surface area contributed by atoms with Gasteiger partial charge in [-0.3, -0.25) is 28.8 Å². The molecule has 19 nitrogen and oxygen atoms in total. The molecule has 1 aliphatic rings. The number of ketones is 1. The number of hydrogen-bond acceptors (Lipinski definition) is 14. The van der Waals surface area contributed by atoms with Crippen LogP contribution < -0.4 is 26.0 Å². The molecule has 19 heteroatoms. The van der Waals surface area contributed by atoms with Gasteiger partial charge in [0.2, 0.25) is 17.7 Å². The van der Waals surface area contributed by atoms with Crippen molar-refractivity contribution in [3.63, 3.8) is 0 Å². The maximum atomic E-state index is 14.1. The minimum absolute atomic E-state index is 0.0728. The third-order valence-electron chi connectivity index (χ3n) is 11.4. The lowest BCUT2D eigenvalue weighted by molar-refractivity contribution is -0.162. The SMILES string of the molecule is CC[C@H](C)[C@@H](NC(=O)[C@@H](NC(=O)OC(C)(C)C)[C@@H](C)OC(=O)[C@H](Cc1ccc(OC)cc1)NC)[C@@H](O)CC(=O)O[C@H](C(=O)[C@H](C)C(=O)N[C@@H](CC(C)C)C(=O)N1CCC[C@H]1C(=O)O)C(C)C. The number of carbonyl (C=O) groups is 8. The number of hydrogen-bond donors (Lipinski definition) is 6. The number of benzene rings is 1. The monoisotopic (exact) mass is 934 g/mol. The Kier molecular flexibility index (Phi) is 22.5. The zero-order valence-corrected chi connectivity index (χ0v) is 40.9. The van der Waals surface area contributed by atoms with E-state index >= 15 is 0 Å². The average Bonchev–Trinajstić information content (AvgIpc) is 3.74. The van der Waals surface area contributed by atoms with Gasteiger partial charge in [0, 0.05) is 6.54 Å². The van der Waals surface area contributed by atoms with Crippen LogP contribution in [-0.4, -0.2) is 137 Å². The maximum Gasteiger partial charge on any atom is 0.408 e. The van der Waals surface area contributed by atoms with E-state index < -0.39 is 126 Å². The zero-order chi connectivity index (χ0) is 50.2. The number of nitrogens with one attached hydrogen (secondary N) is 4. The van der Waals surface area contributed by atoms with Crippen LogP contribution in [0.25, 0.3) is 0 Å². The van der Waals surface area contributed by atoms with Crippen molar-refractivity contribution in [2.24, 2.45) is 23.7 Å². The van der Waals surface area contributed by atoms with E-state index in [1.165, 1.54) is 25.9 Å². The van der Waals surface area contributed by atoms with Gasteiger partial charge in [-0.05, 0) is 103 Å². The number of likely N-dealkylation sites (N-methyl/N-ethyl adjacent to an activating group) is 1. The summed E-state index contributed by atoms with van der Waals surface area (Å²) in [5.74, 6) is -7.78. The number of esters is 2. The number of carboxylic acids is 1. The van der Waals surface area contributed by atoms with Gasteiger partial charge in [0.05, 0.1) is 31.6 Å². The fraction of sp³-hybridized carbons (Fsp3) is 0.702. The molecule has 1 heterocycles. The molecule has 4 amide bonds. The van der Waals surface area contributed by atoms with Crippen molar-refractivity contribution in [3.8, 4) is 5.75 Å². The minimum atomic E-state index is -1.58. The van der Waals surface area contributed by atoms with Gasteiger partial charge >= 0.3 is 24.0 Å². The number of rotatable bonds is 25. The number of amides is 4. The summed E-state index contributed by atoms with van der Waals surface area (Å²) in [4.78, 5) is 108. The molecule has 0 unspecified atom stereocenters. The summed E-state index contributed by atoms with van der Waals surface area (Å²) in [7, 11) is 3.11. The lowest BCUT2D eigenvalue weighted by Gasteiger charge is -2.33. The molecule has 1 aromatic rings. The first-order valence-electron chi connectivity index (χ1n) is 22.8. The molecule has 0 bridgehead atoms. The van der Waals surface area contributed by atoms with Crippen molar-refractivity contribution in [2.75, 3.05) is 20.7 Å². The van der Waals surface area contributed by atoms with Crippen molar-refractivity contribution >= 4 is 47.5 Å². The van der Waals surface area contributed by atoms with Crippen LogP contribution in [0, 0.1) is 23.7 Å². The number of aliphatic carboxylic acids is 1. The van der Waals surface area contributed by atoms with Crippen molar-refractivity contribution in [1.29, 1.82) is 0 Å². The highest BCUT2D eigenvalue weighted by atomic mass is 16.6. The molecule has 1 saturated heterocycles. The molecule has 10 atom stereocenters. The van der Waals surface area contributed by atoms with Crippen molar-refractivity contribution in [2.45, 2.75) is 169 Å². The van der Waals surface area contributed by atoms with E-state index in [-0.39, 0.29) is 31.7 Å². The highest BCUT2D eigenvalue weighted by Crippen LogP contribution is 2.23. The first-order valence-corrected chi connectivity index (χ1v) is 22.8. The highest BCUT2D eigenvalue weighted by molar-refractivity contribution is 6.05. The van der Waals surface area contributed by atoms with E-state index in [0.717, 1.165) is 5.56 Å². The molecule has 2 rings (SSSR count). The van der Waals surface area contributed by atoms with Gasteiger partial charge in [-0.15, -0.1) is 0 Å². The standard InChI is InChI=1S/C47H75N5O14/c1-14-27(6)37(50-42(57)38(51-46(62)66-47(9,10)11)29(8)64-45(61)33(48-12)23-30-17-19-31(63-13)20-18-30)35(53)24-36(54)65-40(26(4)5)39(55)28(7)41(56)49-32(22-25(2)3)43(58)52-21-15-16-34(52)44(59)60/h17-20,25-29,32-35,37-38,40,48,53H,14-16,21-24H2,1-13H3,(H,49,56)(H,50,57)(H,51,62)(H,59,60)/t27-,28-,29+,32-,33-,34-,35-,37+,38-,40-/m0/s1. The number of likely N-dealkylation sites (tertiary alicyclic amines) is 1. The molecule has 0 aliphatic carbocycles. The van der Waals surface area contributed by atoms with Gasteiger partial charge in [-0.2, -0.15) is 0 Å². The van der Waals surface area contributed by atoms with Gasteiger partial charge in [0.1, 0.15) is 41.6 Å². The van der Waals surface area contributed by atoms with Crippen molar-refractivity contribution in [1.82, 2.24) is 26.2 Å². The quantitative estimate of drug-likeness (QED) is 0.0467. The topological polar surface area (TPSA) is 265 Å². The van der Waals surface area contributed by atoms with Crippen molar-refractivity contribution in [3.05, 3.63) is 29.8 Å². The van der Waals surface area contributed by atoms with Gasteiger partial charge in [-0.25, -0.2) is 9.59 Å². The molecular weight excluding hydrogens is 859 g/mol. The predicted molar refractivity (Wildman–Crippen MR) is 243 cm³/mol. The molecule has 0 spiro atoms. The van der Waals surface area contributed by atoms with Crippen LogP contribution >= 0.6 is 0 Å². The number of alkyl carbamates (subject to hydrolysis) is 1. The van der Waals surface area contributed by atoms with E-state index in [9.17, 15) is 48.6 Å². The van der Waals surface area contributed by atoms with E-state index in [1.807, 2.05) is 13.8 Å². The number of nitrogens with zero attached hydrogens (tertiary/aromatic N) is 1. The third-order valence-corrected chi connectivity index (χ3v) is 11.4. The summed E-state index contributed by atoms with van der Waals surface area (Å²) >= 11 is 0. The maximum absolute atomic E-state index is 14.1. The summed E-state index contributed by atoms with van der Waals surface area (Å²) in [6.07, 6.45) is -4.36. The number of carboxylic acid groups (broad SMARTS) is 1. The van der Waals surface area contributed by atoms with Crippen LogP contribution in [0.2, 0.25) is 0 Å². The average molecular weight is 934 g/mol. The Labute approximate surface area is 389 Å². The number of Topliss-reactive ketones (excluding diaryl/α,β-unsaturated/α-hetero) is 1. The van der Waals surface area contributed by atoms with Crippen LogP contribution in [0.5, 0.6) is 5.75 Å². The van der Waals surface area contributed by atoms with Gasteiger partial charge in [0.25, 0.3) is 0 Å². The van der Waals surface area contributed by atoms with Crippen LogP contribution in [0.4, 0.5) is 4.79 Å². The van der Waals surface area contributed by atoms with E-state index in [4.69, 9.17) is 18.9 Å². The normalized spacial score (nSPS) is 18.1. The molecule has 372 valence electrons. The Hall–Kier alpha value is -5.30. The zero-order valence-electron chi connectivity index (χ0n) is 40.9. The van der Waals surface area contributed by atoms with Gasteiger partial charge in [-0.1, -0.05) is 60.1 Å². The summed E-state index contributed by atoms with van der Waals surface area (Å²) in [5.41, 5.74) is -0.160. The number of ether oxygens (including phenoxy) is 4. The molecule has 0 radical (unpaired) electrons. The molecule has 0 saturated carbocycles. The Bertz CT molecular complexity index is 1820. The van der Waals surface area contributed by atoms with Gasteiger partial charge in [0.15, 0.2) is 11.9 Å². The van der Waals surface area contributed by atoms with Crippen LogP contribution in [0.3, 0.4) is 0 Å². The third kappa shape index (κ3) is 17.5. The molecule has 1 fully saturated rings. The summed E-state index contributed by atoms with van der Waals surface area (Å²) in [6, 6.07) is 1.47. The Morgan fingerprint density at radius 3 is 2.00 bits per heavy atom. The number of carbonyl (C=O) groups excluding carboxylic acids is 7. The Balaban J connectivity index is 2.26. The summed E-state index contributed by atoms with van der Waals surface area (Å²) < 4.78 is 22.0. The predicted octanol–water partition coefficient (Wildman–Crippen LogP) is 3.31. The first-order chi connectivity index (χ1) is 30.7. The second-order valence-corrected chi connectivity index (χ2v) is 18.8. The largest absolute Gasteiger partial charge is 0.497 e. The van der Waals surface area contributed by atoms with E-state index in [2.05, 4.69) is 21.3 Å². The Morgan fingerprint density at radius 1 is 0.864 bits per heavy atom. The smallest absolute Gasteiger partial charge is 0.408 e. The second-order valence-electron chi connectivity index (χ2n) is 18.8. The fourth-order valence-electron chi connectivity index (χ4n) is 7.45. The molecule has 0 aromatic heterocycles. The Morgan fingerprint density at radius 2 is 1.48 bits per heavy atom. The van der Waals surface area contributed by atoms with E-state index in [0.29, 0.717) is 18.6 Å². The van der Waals surface area contributed by atoms with Crippen LogP contribution in [0.1, 0.15) is 114 Å². The van der Waals surface area contributed by atoms with E-state index in [1.54, 1.807) is 79.8 Å². The van der Waals surface area contributed by atoms with Crippen LogP contribution in [-0.2, 0) is 54.2 Å². The molecular formula is C47H75N5O14. The molecule has 6 N–H and O–H groups in total. The highest BCUT2D eigenvalue weighted by Gasteiger charge is 2.41. The number of aliphatic hydroxyl groups excluding tert-OH is 1. The van der Waals surface area contributed by atoms with Crippen LogP contribution in [0.15, 0.2) is 24.3 Å². The fourth-order valence-corrected chi connectivity index (χ4v) is 7.45. The second kappa shape index (κ2) is 26.1. The minimum Gasteiger partial charge on any atom is -0.497 e. The first kappa shape index (κ1) is 56.8. The summed E-state index contributed by atoms with van der Waals surface area (Å²) in [6.45, 7) is 18.2. The molecule has 66 heavy (non-hydrogen) atoms. The lowest BCUT2D eigenvalue weighted by Crippen LogP contribution is -2.59. The summed E-state index contributed by atoms with van der Waals surface area (Å²) in [5, 5.41) is 31.9. The number of aliphatic hydroxyl groups is 1. The van der Waals surface area contributed by atoms with Gasteiger partial charge < -0.3 is 55.3 Å².